The Morgan fingerprint density at radius 1 is 1.39 bits per heavy atom. The molecule has 0 aliphatic carbocycles. The van der Waals surface area contributed by atoms with Crippen molar-refractivity contribution in [3.05, 3.63) is 60.9 Å². The monoisotopic (exact) mass is 242 g/mol. The van der Waals surface area contributed by atoms with Crippen LogP contribution in [0, 0.1) is 0 Å². The van der Waals surface area contributed by atoms with E-state index in [1.165, 1.54) is 0 Å². The third kappa shape index (κ3) is 2.85. The Labute approximate surface area is 107 Å². The van der Waals surface area contributed by atoms with E-state index in [2.05, 4.69) is 17.1 Å². The third-order valence-electron chi connectivity index (χ3n) is 2.89. The van der Waals surface area contributed by atoms with Gasteiger partial charge in [-0.05, 0) is 25.0 Å². The van der Waals surface area contributed by atoms with Gasteiger partial charge in [0.1, 0.15) is 0 Å². The highest BCUT2D eigenvalue weighted by Gasteiger charge is 2.11. The van der Waals surface area contributed by atoms with E-state index in [0.29, 0.717) is 0 Å². The summed E-state index contributed by atoms with van der Waals surface area (Å²) in [4.78, 5) is 0. The van der Waals surface area contributed by atoms with E-state index in [0.717, 1.165) is 24.1 Å². The minimum atomic E-state index is 0.112. The molecule has 0 spiro atoms. The van der Waals surface area contributed by atoms with Gasteiger partial charge in [0.25, 0.3) is 0 Å². The highest BCUT2D eigenvalue weighted by molar-refractivity contribution is 5.31. The first kappa shape index (κ1) is 12.5. The van der Waals surface area contributed by atoms with E-state index in [9.17, 15) is 0 Å². The summed E-state index contributed by atoms with van der Waals surface area (Å²) in [5.74, 6) is 5.57. The highest BCUT2D eigenvalue weighted by atomic mass is 15.3. The number of para-hydroxylation sites is 1. The lowest BCUT2D eigenvalue weighted by Crippen LogP contribution is -2.27. The van der Waals surface area contributed by atoms with Gasteiger partial charge in [0.2, 0.25) is 0 Å². The summed E-state index contributed by atoms with van der Waals surface area (Å²) >= 11 is 0. The number of aromatic nitrogens is 2. The first-order valence-corrected chi connectivity index (χ1v) is 6.02. The molecule has 3 N–H and O–H groups in total. The number of allylic oxidation sites excluding steroid dienone is 1. The maximum absolute atomic E-state index is 5.57. The van der Waals surface area contributed by atoms with Gasteiger partial charge in [-0.3, -0.25) is 11.3 Å². The van der Waals surface area contributed by atoms with Crippen molar-refractivity contribution in [2.75, 3.05) is 0 Å². The van der Waals surface area contributed by atoms with Gasteiger partial charge < -0.3 is 0 Å². The van der Waals surface area contributed by atoms with Gasteiger partial charge in [0, 0.05) is 17.8 Å². The summed E-state index contributed by atoms with van der Waals surface area (Å²) < 4.78 is 1.85. The van der Waals surface area contributed by atoms with Gasteiger partial charge in [-0.2, -0.15) is 5.10 Å². The second kappa shape index (κ2) is 6.14. The van der Waals surface area contributed by atoms with Gasteiger partial charge >= 0.3 is 0 Å². The van der Waals surface area contributed by atoms with Crippen molar-refractivity contribution in [2.24, 2.45) is 5.84 Å². The van der Waals surface area contributed by atoms with E-state index in [4.69, 9.17) is 5.84 Å². The average molecular weight is 242 g/mol. The van der Waals surface area contributed by atoms with Crippen LogP contribution in [0.3, 0.4) is 0 Å². The van der Waals surface area contributed by atoms with Crippen LogP contribution in [0.15, 0.2) is 55.4 Å². The molecule has 1 atom stereocenters. The number of nitrogens with one attached hydrogen (secondary N) is 1. The Morgan fingerprint density at radius 3 is 2.83 bits per heavy atom. The molecule has 18 heavy (non-hydrogen) atoms. The molecule has 0 bridgehead atoms. The maximum Gasteiger partial charge on any atom is 0.0645 e. The number of benzene rings is 1. The number of hydrazine groups is 1. The van der Waals surface area contributed by atoms with Crippen LogP contribution >= 0.6 is 0 Å². The van der Waals surface area contributed by atoms with Crippen molar-refractivity contribution >= 4 is 0 Å². The highest BCUT2D eigenvalue weighted by Crippen LogP contribution is 2.18. The lowest BCUT2D eigenvalue weighted by atomic mass is 10.1. The number of hydrogen-bond donors (Lipinski definition) is 2. The van der Waals surface area contributed by atoms with Crippen LogP contribution < -0.4 is 11.3 Å². The largest absolute Gasteiger partial charge is 0.271 e. The van der Waals surface area contributed by atoms with Crippen molar-refractivity contribution in [3.63, 3.8) is 0 Å². The molecular weight excluding hydrogens is 224 g/mol. The summed E-state index contributed by atoms with van der Waals surface area (Å²) in [6, 6.07) is 10.1. The molecule has 0 fully saturated rings. The van der Waals surface area contributed by atoms with Gasteiger partial charge in [0.15, 0.2) is 0 Å². The maximum atomic E-state index is 5.57. The number of nitrogens with two attached hydrogens (primary N) is 1. The number of rotatable bonds is 6. The second-order valence-electron chi connectivity index (χ2n) is 4.14. The smallest absolute Gasteiger partial charge is 0.0645 e. The molecule has 0 radical (unpaired) electrons. The Morgan fingerprint density at radius 2 is 2.17 bits per heavy atom. The fraction of sp³-hybridized carbons (Fsp3) is 0.214. The third-order valence-corrected chi connectivity index (χ3v) is 2.89. The fourth-order valence-electron chi connectivity index (χ4n) is 1.87. The minimum absolute atomic E-state index is 0.112. The predicted octanol–water partition coefficient (Wildman–Crippen LogP) is 2.34. The van der Waals surface area contributed by atoms with E-state index in [1.807, 2.05) is 53.5 Å². The predicted molar refractivity (Wildman–Crippen MR) is 73.1 cm³/mol. The van der Waals surface area contributed by atoms with Crippen LogP contribution in [-0.4, -0.2) is 9.78 Å². The molecule has 1 aromatic carbocycles. The Bertz CT molecular complexity index is 490. The summed E-state index contributed by atoms with van der Waals surface area (Å²) in [7, 11) is 0. The molecule has 94 valence electrons. The van der Waals surface area contributed by atoms with Crippen LogP contribution in [0.4, 0.5) is 0 Å². The van der Waals surface area contributed by atoms with Crippen molar-refractivity contribution in [1.29, 1.82) is 0 Å². The SMILES string of the molecule is C=CCCC(NN)c1cnn(-c2ccccc2)c1. The molecule has 4 heteroatoms. The van der Waals surface area contributed by atoms with Crippen LogP contribution in [-0.2, 0) is 0 Å². The first-order chi connectivity index (χ1) is 8.85. The summed E-state index contributed by atoms with van der Waals surface area (Å²) in [5, 5.41) is 4.36. The Hall–Kier alpha value is -1.91. The molecule has 0 saturated heterocycles. The van der Waals surface area contributed by atoms with Crippen molar-refractivity contribution < 1.29 is 0 Å². The van der Waals surface area contributed by atoms with Crippen LogP contribution in [0.1, 0.15) is 24.4 Å². The van der Waals surface area contributed by atoms with Crippen molar-refractivity contribution in [3.8, 4) is 5.69 Å². The number of nitrogens with zero attached hydrogens (tertiary/aromatic N) is 2. The molecule has 4 nitrogen and oxygen atoms in total. The van der Waals surface area contributed by atoms with Crippen LogP contribution in [0.2, 0.25) is 0 Å². The second-order valence-corrected chi connectivity index (χ2v) is 4.14. The van der Waals surface area contributed by atoms with Gasteiger partial charge in [0.05, 0.1) is 11.9 Å². The van der Waals surface area contributed by atoms with E-state index >= 15 is 0 Å². The van der Waals surface area contributed by atoms with E-state index < -0.39 is 0 Å². The van der Waals surface area contributed by atoms with Crippen molar-refractivity contribution in [1.82, 2.24) is 15.2 Å². The molecule has 2 aromatic rings. The summed E-state index contributed by atoms with van der Waals surface area (Å²) in [6.45, 7) is 3.72. The first-order valence-electron chi connectivity index (χ1n) is 6.02. The summed E-state index contributed by atoms with van der Waals surface area (Å²) in [6.07, 6.45) is 7.58. The van der Waals surface area contributed by atoms with E-state index in [-0.39, 0.29) is 6.04 Å². The molecule has 1 aromatic heterocycles. The quantitative estimate of drug-likeness (QED) is 0.464. The van der Waals surface area contributed by atoms with E-state index in [1.54, 1.807) is 0 Å². The minimum Gasteiger partial charge on any atom is -0.271 e. The molecule has 0 saturated carbocycles. The molecule has 2 rings (SSSR count). The normalized spacial score (nSPS) is 12.3. The lowest BCUT2D eigenvalue weighted by molar-refractivity contribution is 0.521. The zero-order valence-electron chi connectivity index (χ0n) is 10.3. The Kier molecular flexibility index (Phi) is 4.28. The molecule has 0 amide bonds. The lowest BCUT2D eigenvalue weighted by Gasteiger charge is -2.12. The standard InChI is InChI=1S/C14H18N4/c1-2-3-9-14(17-15)12-10-16-18(11-12)13-7-5-4-6-8-13/h2,4-8,10-11,14,17H,1,3,9,15H2. The zero-order chi connectivity index (χ0) is 12.8. The molecule has 1 heterocycles. The Balaban J connectivity index is 2.16. The molecule has 1 unspecified atom stereocenters. The fourth-order valence-corrected chi connectivity index (χ4v) is 1.87. The van der Waals surface area contributed by atoms with Gasteiger partial charge in [-0.15, -0.1) is 6.58 Å². The van der Waals surface area contributed by atoms with Gasteiger partial charge in [-0.25, -0.2) is 4.68 Å². The van der Waals surface area contributed by atoms with Crippen LogP contribution in [0.25, 0.3) is 5.69 Å². The average Bonchev–Trinajstić information content (AvgIpc) is 2.90. The van der Waals surface area contributed by atoms with Crippen LogP contribution in [0.5, 0.6) is 0 Å². The molecule has 0 aliphatic heterocycles. The zero-order valence-corrected chi connectivity index (χ0v) is 10.3. The number of hydrogen-bond acceptors (Lipinski definition) is 3. The molecular formula is C14H18N4. The topological polar surface area (TPSA) is 55.9 Å². The summed E-state index contributed by atoms with van der Waals surface area (Å²) in [5.41, 5.74) is 4.95. The van der Waals surface area contributed by atoms with Crippen molar-refractivity contribution in [2.45, 2.75) is 18.9 Å². The molecule has 0 aliphatic rings. The van der Waals surface area contributed by atoms with Gasteiger partial charge in [-0.1, -0.05) is 24.3 Å².